The Morgan fingerprint density at radius 3 is 2.52 bits per heavy atom. The number of nitrogens with zero attached hydrogens (tertiary/aromatic N) is 1. The number of carbonyl (C=O) groups is 1. The predicted octanol–water partition coefficient (Wildman–Crippen LogP) is 4.93. The van der Waals surface area contributed by atoms with Crippen LogP contribution in [-0.2, 0) is 6.61 Å². The minimum atomic E-state index is -0.472. The van der Waals surface area contributed by atoms with E-state index < -0.39 is 11.7 Å². The van der Waals surface area contributed by atoms with Crippen LogP contribution in [0.15, 0.2) is 82.4 Å². The summed E-state index contributed by atoms with van der Waals surface area (Å²) < 4.78 is 19.9. The van der Waals surface area contributed by atoms with Crippen molar-refractivity contribution in [3.63, 3.8) is 0 Å². The van der Waals surface area contributed by atoms with E-state index in [1.807, 2.05) is 48.5 Å². The van der Waals surface area contributed by atoms with E-state index in [0.29, 0.717) is 6.61 Å². The maximum absolute atomic E-state index is 13.1. The molecule has 0 bridgehead atoms. The van der Waals surface area contributed by atoms with Crippen molar-refractivity contribution in [1.82, 2.24) is 5.43 Å². The average molecular weight is 427 g/mol. The molecule has 3 aromatic rings. The zero-order chi connectivity index (χ0) is 19.1. The van der Waals surface area contributed by atoms with Crippen LogP contribution in [0.25, 0.3) is 0 Å². The SMILES string of the molecule is O=C(N/N=C/c1ccc(OCc2ccc(Br)cc2)cc1)c1cccc(F)c1. The Kier molecular flexibility index (Phi) is 6.33. The van der Waals surface area contributed by atoms with Gasteiger partial charge in [0, 0.05) is 10.0 Å². The van der Waals surface area contributed by atoms with Crippen molar-refractivity contribution in [2.45, 2.75) is 6.61 Å². The number of rotatable bonds is 6. The summed E-state index contributed by atoms with van der Waals surface area (Å²) in [5.74, 6) is -0.204. The Labute approximate surface area is 164 Å². The van der Waals surface area contributed by atoms with Crippen LogP contribution < -0.4 is 10.2 Å². The summed E-state index contributed by atoms with van der Waals surface area (Å²) in [5, 5.41) is 3.89. The number of amides is 1. The fourth-order valence-corrected chi connectivity index (χ4v) is 2.52. The van der Waals surface area contributed by atoms with Crippen molar-refractivity contribution in [3.05, 3.63) is 99.8 Å². The maximum Gasteiger partial charge on any atom is 0.271 e. The molecule has 6 heteroatoms. The molecule has 0 heterocycles. The number of benzene rings is 3. The van der Waals surface area contributed by atoms with Gasteiger partial charge in [-0.3, -0.25) is 4.79 Å². The van der Waals surface area contributed by atoms with E-state index in [-0.39, 0.29) is 5.56 Å². The lowest BCUT2D eigenvalue weighted by atomic mass is 10.2. The number of carbonyl (C=O) groups excluding carboxylic acids is 1. The van der Waals surface area contributed by atoms with Gasteiger partial charge in [0.05, 0.1) is 6.21 Å². The van der Waals surface area contributed by atoms with Gasteiger partial charge in [-0.1, -0.05) is 34.1 Å². The van der Waals surface area contributed by atoms with Crippen LogP contribution >= 0.6 is 15.9 Å². The molecule has 0 atom stereocenters. The molecule has 0 aliphatic carbocycles. The lowest BCUT2D eigenvalue weighted by molar-refractivity contribution is 0.0954. The molecule has 3 rings (SSSR count). The Morgan fingerprint density at radius 1 is 1.07 bits per heavy atom. The Bertz CT molecular complexity index is 941. The second-order valence-electron chi connectivity index (χ2n) is 5.69. The van der Waals surface area contributed by atoms with E-state index in [2.05, 4.69) is 26.5 Å². The summed E-state index contributed by atoms with van der Waals surface area (Å²) >= 11 is 3.40. The molecule has 136 valence electrons. The van der Waals surface area contributed by atoms with Crippen molar-refractivity contribution in [1.29, 1.82) is 0 Å². The van der Waals surface area contributed by atoms with E-state index in [1.165, 1.54) is 24.4 Å². The Hall–Kier alpha value is -2.99. The lowest BCUT2D eigenvalue weighted by Crippen LogP contribution is -2.17. The van der Waals surface area contributed by atoms with Crippen LogP contribution in [0.2, 0.25) is 0 Å². The minimum absolute atomic E-state index is 0.212. The van der Waals surface area contributed by atoms with E-state index in [4.69, 9.17) is 4.74 Å². The second kappa shape index (κ2) is 9.09. The van der Waals surface area contributed by atoms with Gasteiger partial charge in [0.2, 0.25) is 0 Å². The highest BCUT2D eigenvalue weighted by atomic mass is 79.9. The molecule has 0 saturated carbocycles. The third kappa shape index (κ3) is 5.76. The van der Waals surface area contributed by atoms with Crippen molar-refractivity contribution >= 4 is 28.1 Å². The molecule has 0 aromatic heterocycles. The van der Waals surface area contributed by atoms with Crippen LogP contribution in [0.4, 0.5) is 4.39 Å². The van der Waals surface area contributed by atoms with Crippen LogP contribution in [0.5, 0.6) is 5.75 Å². The molecular weight excluding hydrogens is 411 g/mol. The standard InChI is InChI=1S/C21H16BrFN2O2/c22-18-8-4-16(5-9-18)14-27-20-10-6-15(7-11-20)13-24-25-21(26)17-2-1-3-19(23)12-17/h1-13H,14H2,(H,25,26)/b24-13+. The third-order valence-corrected chi connectivity index (χ3v) is 4.19. The second-order valence-corrected chi connectivity index (χ2v) is 6.61. The van der Waals surface area contributed by atoms with Gasteiger partial charge in [0.1, 0.15) is 18.2 Å². The maximum atomic E-state index is 13.1. The van der Waals surface area contributed by atoms with Gasteiger partial charge in [0.25, 0.3) is 5.91 Å². The highest BCUT2D eigenvalue weighted by Crippen LogP contribution is 2.15. The van der Waals surface area contributed by atoms with Crippen LogP contribution in [0, 0.1) is 5.82 Å². The van der Waals surface area contributed by atoms with Gasteiger partial charge >= 0.3 is 0 Å². The summed E-state index contributed by atoms with van der Waals surface area (Å²) in [6, 6.07) is 20.7. The molecule has 3 aromatic carbocycles. The normalized spacial score (nSPS) is 10.7. The van der Waals surface area contributed by atoms with Gasteiger partial charge in [-0.05, 0) is 65.7 Å². The van der Waals surface area contributed by atoms with Crippen molar-refractivity contribution in [2.75, 3.05) is 0 Å². The van der Waals surface area contributed by atoms with Gasteiger partial charge in [0.15, 0.2) is 0 Å². The third-order valence-electron chi connectivity index (χ3n) is 3.67. The highest BCUT2D eigenvalue weighted by molar-refractivity contribution is 9.10. The number of halogens is 2. The average Bonchev–Trinajstić information content (AvgIpc) is 2.68. The summed E-state index contributed by atoms with van der Waals surface area (Å²) in [5.41, 5.74) is 4.45. The molecule has 0 fully saturated rings. The number of nitrogens with one attached hydrogen (secondary N) is 1. The largest absolute Gasteiger partial charge is 0.489 e. The van der Waals surface area contributed by atoms with E-state index in [1.54, 1.807) is 0 Å². The van der Waals surface area contributed by atoms with E-state index >= 15 is 0 Å². The first kappa shape index (κ1) is 18.8. The topological polar surface area (TPSA) is 50.7 Å². The molecule has 0 saturated heterocycles. The van der Waals surface area contributed by atoms with Crippen molar-refractivity contribution in [3.8, 4) is 5.75 Å². The first-order valence-corrected chi connectivity index (χ1v) is 8.96. The monoisotopic (exact) mass is 426 g/mol. The van der Waals surface area contributed by atoms with E-state index in [9.17, 15) is 9.18 Å². The molecule has 27 heavy (non-hydrogen) atoms. The molecular formula is C21H16BrFN2O2. The van der Waals surface area contributed by atoms with Crippen LogP contribution in [0.1, 0.15) is 21.5 Å². The minimum Gasteiger partial charge on any atom is -0.489 e. The van der Waals surface area contributed by atoms with Gasteiger partial charge in [-0.15, -0.1) is 0 Å². The Morgan fingerprint density at radius 2 is 1.81 bits per heavy atom. The van der Waals surface area contributed by atoms with E-state index in [0.717, 1.165) is 27.4 Å². The molecule has 1 N–H and O–H groups in total. The fraction of sp³-hybridized carbons (Fsp3) is 0.0476. The summed E-state index contributed by atoms with van der Waals surface area (Å²) in [7, 11) is 0. The smallest absolute Gasteiger partial charge is 0.271 e. The molecule has 0 aliphatic rings. The Balaban J connectivity index is 1.51. The molecule has 0 aliphatic heterocycles. The summed E-state index contributed by atoms with van der Waals surface area (Å²) in [6.45, 7) is 0.477. The van der Waals surface area contributed by atoms with Gasteiger partial charge in [-0.25, -0.2) is 9.82 Å². The number of hydrazone groups is 1. The molecule has 4 nitrogen and oxygen atoms in total. The predicted molar refractivity (Wildman–Crippen MR) is 106 cm³/mol. The molecule has 0 radical (unpaired) electrons. The molecule has 1 amide bonds. The summed E-state index contributed by atoms with van der Waals surface area (Å²) in [4.78, 5) is 11.9. The number of hydrogen-bond donors (Lipinski definition) is 1. The summed E-state index contributed by atoms with van der Waals surface area (Å²) in [6.07, 6.45) is 1.51. The molecule has 0 spiro atoms. The van der Waals surface area contributed by atoms with Crippen LogP contribution in [-0.4, -0.2) is 12.1 Å². The zero-order valence-corrected chi connectivity index (χ0v) is 15.8. The zero-order valence-electron chi connectivity index (χ0n) is 14.2. The first-order chi connectivity index (χ1) is 13.1. The fourth-order valence-electron chi connectivity index (χ4n) is 2.26. The van der Waals surface area contributed by atoms with Crippen molar-refractivity contribution < 1.29 is 13.9 Å². The van der Waals surface area contributed by atoms with Gasteiger partial charge in [-0.2, -0.15) is 5.10 Å². The van der Waals surface area contributed by atoms with Crippen molar-refractivity contribution in [2.24, 2.45) is 5.10 Å². The first-order valence-electron chi connectivity index (χ1n) is 8.16. The quantitative estimate of drug-likeness (QED) is 0.448. The lowest BCUT2D eigenvalue weighted by Gasteiger charge is -2.06. The highest BCUT2D eigenvalue weighted by Gasteiger charge is 2.04. The number of hydrogen-bond acceptors (Lipinski definition) is 3. The van der Waals surface area contributed by atoms with Crippen LogP contribution in [0.3, 0.4) is 0 Å². The number of ether oxygens (including phenoxy) is 1. The molecule has 0 unspecified atom stereocenters. The van der Waals surface area contributed by atoms with Gasteiger partial charge < -0.3 is 4.74 Å².